The highest BCUT2D eigenvalue weighted by molar-refractivity contribution is 8.03. The van der Waals surface area contributed by atoms with E-state index in [-0.39, 0.29) is 73.0 Å². The van der Waals surface area contributed by atoms with E-state index in [0.717, 1.165) is 46.0 Å². The number of hydrogen-bond acceptors (Lipinski definition) is 5. The maximum absolute atomic E-state index is 8.93. The lowest BCUT2D eigenvalue weighted by Gasteiger charge is -2.07. The van der Waals surface area contributed by atoms with Gasteiger partial charge in [0, 0.05) is 11.5 Å². The highest BCUT2D eigenvalue weighted by Gasteiger charge is 2.18. The summed E-state index contributed by atoms with van der Waals surface area (Å²) in [6, 6.07) is 0. The van der Waals surface area contributed by atoms with Gasteiger partial charge in [0.25, 0.3) is 0 Å². The molecule has 132 valence electrons. The second-order valence-corrected chi connectivity index (χ2v) is 10.1. The topological polar surface area (TPSA) is 80.9 Å². The Hall–Kier alpha value is 1.47. The lowest BCUT2D eigenvalue weighted by Crippen LogP contribution is -3.00. The van der Waals surface area contributed by atoms with Crippen LogP contribution in [0.4, 0.5) is 0 Å². The highest BCUT2D eigenvalue weighted by atomic mass is 35.5. The molecule has 0 aliphatic carbocycles. The van der Waals surface area contributed by atoms with Gasteiger partial charge in [-0.25, -0.2) is 0 Å². The summed E-state index contributed by atoms with van der Waals surface area (Å²) in [4.78, 5) is 0. The van der Waals surface area contributed by atoms with Crippen molar-refractivity contribution in [3.8, 4) is 0 Å². The first-order valence-corrected chi connectivity index (χ1v) is 11.2. The zero-order chi connectivity index (χ0) is 14.3. The Kier molecular flexibility index (Phi) is 27.9. The summed E-state index contributed by atoms with van der Waals surface area (Å²) in [7, 11) is 0.312. The molecule has 21 heavy (non-hydrogen) atoms. The van der Waals surface area contributed by atoms with Crippen LogP contribution in [-0.4, -0.2) is 92.9 Å². The van der Waals surface area contributed by atoms with Crippen LogP contribution in [0.5, 0.6) is 0 Å². The van der Waals surface area contributed by atoms with Crippen LogP contribution >= 0.6 is 11.8 Å². The fourth-order valence-electron chi connectivity index (χ4n) is 1.58. The molecule has 4 N–H and O–H groups in total. The summed E-state index contributed by atoms with van der Waals surface area (Å²) in [5.74, 6) is 7.50. The third-order valence-corrected chi connectivity index (χ3v) is 8.66. The second-order valence-electron chi connectivity index (χ2n) is 3.96. The van der Waals surface area contributed by atoms with E-state index in [1.54, 1.807) is 0 Å². The van der Waals surface area contributed by atoms with Gasteiger partial charge >= 0.3 is 0 Å². The van der Waals surface area contributed by atoms with E-state index in [4.69, 9.17) is 20.4 Å². The molecule has 0 amide bonds. The van der Waals surface area contributed by atoms with Crippen LogP contribution in [0.15, 0.2) is 0 Å². The molecule has 0 aliphatic heterocycles. The van der Waals surface area contributed by atoms with E-state index in [9.17, 15) is 0 Å². The second kappa shape index (κ2) is 21.5. The van der Waals surface area contributed by atoms with E-state index in [0.29, 0.717) is 0 Å². The molecule has 0 aliphatic rings. The molecule has 0 unspecified atom stereocenters. The third-order valence-electron chi connectivity index (χ3n) is 2.55. The van der Waals surface area contributed by atoms with E-state index in [2.05, 4.69) is 0 Å². The average Bonchev–Trinajstić information content (AvgIpc) is 2.39. The fourth-order valence-corrected chi connectivity index (χ4v) is 6.87. The molecule has 0 saturated heterocycles. The van der Waals surface area contributed by atoms with Crippen molar-refractivity contribution in [2.45, 2.75) is 0 Å². The van der Waals surface area contributed by atoms with Gasteiger partial charge in [-0.05, 0) is 21.8 Å². The molecule has 0 spiro atoms. The quantitative estimate of drug-likeness (QED) is 0.171. The molecule has 0 rings (SSSR count). The van der Waals surface area contributed by atoms with Crippen LogP contribution in [0.25, 0.3) is 0 Å². The summed E-state index contributed by atoms with van der Waals surface area (Å²) in [5, 5.41) is 35.7. The van der Waals surface area contributed by atoms with Gasteiger partial charge in [0.1, 0.15) is 34.5 Å². The molecule has 0 atom stereocenters. The van der Waals surface area contributed by atoms with E-state index in [1.807, 2.05) is 11.8 Å². The molecule has 9 heteroatoms. The van der Waals surface area contributed by atoms with Crippen molar-refractivity contribution in [2.75, 3.05) is 72.5 Å². The molecule has 0 aromatic heterocycles. The molecule has 0 bridgehead atoms. The summed E-state index contributed by atoms with van der Waals surface area (Å²) in [6.45, 7) is 0.850. The smallest absolute Gasteiger partial charge is 0.131 e. The molecular weight excluding hydrogens is 375 g/mol. The molecule has 0 aromatic carbocycles. The summed E-state index contributed by atoms with van der Waals surface area (Å²) in [5.41, 5.74) is 0. The number of thioether (sulfide) groups is 1. The third kappa shape index (κ3) is 17.7. The fraction of sp³-hybridized carbons (Fsp3) is 1.00. The van der Waals surface area contributed by atoms with Gasteiger partial charge in [-0.3, -0.25) is 0 Å². The minimum atomic E-state index is 0. The molecule has 0 aromatic rings. The predicted molar refractivity (Wildman–Crippen MR) is 89.6 cm³/mol. The van der Waals surface area contributed by atoms with Crippen molar-refractivity contribution < 1.29 is 45.2 Å². The number of halogens is 2. The van der Waals surface area contributed by atoms with Gasteiger partial charge in [-0.15, -0.1) is 0 Å². The SMILES string of the molecule is OCC[S+](CCO)CCSCC[S+](CCO)CCO.[Cl-].[Cl-]. The number of rotatable bonds is 14. The number of aliphatic hydroxyl groups excluding tert-OH is 4. The van der Waals surface area contributed by atoms with Crippen LogP contribution < -0.4 is 24.8 Å². The summed E-state index contributed by atoms with van der Waals surface area (Å²) in [6.07, 6.45) is 0. The summed E-state index contributed by atoms with van der Waals surface area (Å²) >= 11 is 1.90. The van der Waals surface area contributed by atoms with E-state index >= 15 is 0 Å². The van der Waals surface area contributed by atoms with Gasteiger partial charge in [0.2, 0.25) is 0 Å². The lowest BCUT2D eigenvalue weighted by molar-refractivity contribution is -0.001000. The van der Waals surface area contributed by atoms with Crippen molar-refractivity contribution in [2.24, 2.45) is 0 Å². The van der Waals surface area contributed by atoms with Crippen LogP contribution in [0, 0.1) is 0 Å². The molecule has 4 nitrogen and oxygen atoms in total. The minimum Gasteiger partial charge on any atom is -1.00 e. The normalized spacial score (nSPS) is 10.6. The van der Waals surface area contributed by atoms with Gasteiger partial charge in [0.05, 0.1) is 26.4 Å². The predicted octanol–water partition coefficient (Wildman–Crippen LogP) is -7.07. The maximum Gasteiger partial charge on any atom is 0.131 e. The van der Waals surface area contributed by atoms with Gasteiger partial charge in [-0.1, -0.05) is 0 Å². The molecule has 0 saturated carbocycles. The Labute approximate surface area is 151 Å². The lowest BCUT2D eigenvalue weighted by atomic mass is 10.9. The van der Waals surface area contributed by atoms with Crippen molar-refractivity contribution >= 4 is 33.6 Å². The van der Waals surface area contributed by atoms with Gasteiger partial charge in [-0.2, -0.15) is 11.8 Å². The minimum absolute atomic E-state index is 0. The monoisotopic (exact) mass is 402 g/mol. The number of aliphatic hydroxyl groups is 4. The van der Waals surface area contributed by atoms with Crippen molar-refractivity contribution in [1.82, 2.24) is 0 Å². The first-order valence-electron chi connectivity index (χ1n) is 6.57. The molecule has 0 fully saturated rings. The largest absolute Gasteiger partial charge is 1.00 e. The van der Waals surface area contributed by atoms with E-state index < -0.39 is 0 Å². The standard InChI is InChI=1S/C12H28O4S3.2ClH/c13-1-7-18(8-2-14)11-5-17-6-12-19(9-3-15)10-4-16;;/h13-16H,1-12H2;2*1H/q+2;;/p-2. The Morgan fingerprint density at radius 3 is 1.05 bits per heavy atom. The Morgan fingerprint density at radius 1 is 0.524 bits per heavy atom. The van der Waals surface area contributed by atoms with Crippen LogP contribution in [0.3, 0.4) is 0 Å². The highest BCUT2D eigenvalue weighted by Crippen LogP contribution is 2.08. The number of hydrogen-bond donors (Lipinski definition) is 4. The first kappa shape index (κ1) is 27.3. The van der Waals surface area contributed by atoms with E-state index in [1.165, 1.54) is 0 Å². The van der Waals surface area contributed by atoms with Crippen molar-refractivity contribution in [3.05, 3.63) is 0 Å². The van der Waals surface area contributed by atoms with Gasteiger partial charge < -0.3 is 45.2 Å². The average molecular weight is 403 g/mol. The molecule has 0 heterocycles. The Morgan fingerprint density at radius 2 is 0.810 bits per heavy atom. The zero-order valence-electron chi connectivity index (χ0n) is 12.3. The van der Waals surface area contributed by atoms with Crippen LogP contribution in [-0.2, 0) is 21.8 Å². The zero-order valence-corrected chi connectivity index (χ0v) is 16.2. The Balaban J connectivity index is -0.00000162. The molecule has 0 radical (unpaired) electrons. The van der Waals surface area contributed by atoms with Crippen LogP contribution in [0.1, 0.15) is 0 Å². The summed E-state index contributed by atoms with van der Waals surface area (Å²) < 4.78 is 0. The Bertz CT molecular complexity index is 166. The van der Waals surface area contributed by atoms with Gasteiger partial charge in [0.15, 0.2) is 0 Å². The maximum atomic E-state index is 8.93. The van der Waals surface area contributed by atoms with Crippen LogP contribution in [0.2, 0.25) is 0 Å². The van der Waals surface area contributed by atoms with Crippen molar-refractivity contribution in [1.29, 1.82) is 0 Å². The molecular formula is C12H28Cl2O4S3. The first-order chi connectivity index (χ1) is 9.28. The van der Waals surface area contributed by atoms with Crippen molar-refractivity contribution in [3.63, 3.8) is 0 Å².